The fourth-order valence-electron chi connectivity index (χ4n) is 2.00. The van der Waals surface area contributed by atoms with Crippen molar-refractivity contribution in [3.05, 3.63) is 0 Å². The zero-order valence-electron chi connectivity index (χ0n) is 13.8. The summed E-state index contributed by atoms with van der Waals surface area (Å²) >= 11 is 0. The van der Waals surface area contributed by atoms with Crippen molar-refractivity contribution >= 4 is 11.9 Å². The molecule has 0 saturated heterocycles. The molecule has 0 rings (SSSR count). The van der Waals surface area contributed by atoms with Crippen molar-refractivity contribution in [2.24, 2.45) is 11.8 Å². The fourth-order valence-corrected chi connectivity index (χ4v) is 2.00. The Balaban J connectivity index is 4.78. The molecule has 0 N–H and O–H groups in total. The lowest BCUT2D eigenvalue weighted by atomic mass is 9.88. The van der Waals surface area contributed by atoms with Gasteiger partial charge in [0.2, 0.25) is 0 Å². The summed E-state index contributed by atoms with van der Waals surface area (Å²) in [6.07, 6.45) is 3.72. The monoisotopic (exact) mass is 286 g/mol. The lowest BCUT2D eigenvalue weighted by molar-refractivity contribution is -0.168. The van der Waals surface area contributed by atoms with Gasteiger partial charge in [0.25, 0.3) is 0 Å². The molecule has 0 aromatic heterocycles. The van der Waals surface area contributed by atoms with Crippen LogP contribution < -0.4 is 0 Å². The summed E-state index contributed by atoms with van der Waals surface area (Å²) in [6, 6.07) is 0. The van der Waals surface area contributed by atoms with Gasteiger partial charge in [0.1, 0.15) is 5.60 Å². The van der Waals surface area contributed by atoms with Gasteiger partial charge in [-0.3, -0.25) is 9.59 Å². The van der Waals surface area contributed by atoms with Gasteiger partial charge in [-0.15, -0.1) is 0 Å². The Bertz CT molecular complexity index is 304. The van der Waals surface area contributed by atoms with Crippen LogP contribution in [0.3, 0.4) is 0 Å². The van der Waals surface area contributed by atoms with Crippen LogP contribution in [0.25, 0.3) is 0 Å². The van der Waals surface area contributed by atoms with Crippen LogP contribution in [-0.4, -0.2) is 24.1 Å². The lowest BCUT2D eigenvalue weighted by Gasteiger charge is -2.26. The van der Waals surface area contributed by atoms with E-state index in [1.54, 1.807) is 13.8 Å². The van der Waals surface area contributed by atoms with E-state index in [1.807, 2.05) is 20.8 Å². The Hall–Kier alpha value is -1.06. The number of unbranched alkanes of at least 4 members (excludes halogenated alkanes) is 2. The van der Waals surface area contributed by atoms with E-state index in [1.165, 1.54) is 0 Å². The van der Waals surface area contributed by atoms with E-state index < -0.39 is 17.4 Å². The second-order valence-corrected chi connectivity index (χ2v) is 6.18. The summed E-state index contributed by atoms with van der Waals surface area (Å²) in [7, 11) is 0. The summed E-state index contributed by atoms with van der Waals surface area (Å²) in [6.45, 7) is 11.5. The summed E-state index contributed by atoms with van der Waals surface area (Å²) in [5.41, 5.74) is -0.533. The Morgan fingerprint density at radius 2 is 1.65 bits per heavy atom. The van der Waals surface area contributed by atoms with Crippen LogP contribution in [0, 0.1) is 11.8 Å². The van der Waals surface area contributed by atoms with E-state index in [2.05, 4.69) is 6.92 Å². The van der Waals surface area contributed by atoms with E-state index >= 15 is 0 Å². The molecule has 2 atom stereocenters. The SMILES string of the molecule is CCCCCC(C(=O)OC(C)(C)C)C(C)C(=O)OCC. The van der Waals surface area contributed by atoms with Crippen molar-refractivity contribution in [2.45, 2.75) is 72.8 Å². The number of carbonyl (C=O) groups is 2. The number of carbonyl (C=O) groups excluding carboxylic acids is 2. The Morgan fingerprint density at radius 3 is 2.10 bits per heavy atom. The van der Waals surface area contributed by atoms with Crippen LogP contribution in [0.5, 0.6) is 0 Å². The quantitative estimate of drug-likeness (QED) is 0.504. The number of ether oxygens (including phenoxy) is 2. The molecule has 0 amide bonds. The highest BCUT2D eigenvalue weighted by molar-refractivity contribution is 5.82. The van der Waals surface area contributed by atoms with E-state index in [0.29, 0.717) is 13.0 Å². The van der Waals surface area contributed by atoms with Crippen LogP contribution >= 0.6 is 0 Å². The van der Waals surface area contributed by atoms with Gasteiger partial charge in [-0.2, -0.15) is 0 Å². The van der Waals surface area contributed by atoms with Crippen LogP contribution in [0.2, 0.25) is 0 Å². The van der Waals surface area contributed by atoms with E-state index in [-0.39, 0.29) is 11.9 Å². The van der Waals surface area contributed by atoms with Gasteiger partial charge in [0.15, 0.2) is 0 Å². The molecule has 20 heavy (non-hydrogen) atoms. The minimum atomic E-state index is -0.533. The van der Waals surface area contributed by atoms with Gasteiger partial charge in [-0.1, -0.05) is 33.1 Å². The third-order valence-electron chi connectivity index (χ3n) is 3.09. The van der Waals surface area contributed by atoms with Gasteiger partial charge in [-0.25, -0.2) is 0 Å². The van der Waals surface area contributed by atoms with Gasteiger partial charge in [-0.05, 0) is 34.1 Å². The largest absolute Gasteiger partial charge is 0.466 e. The van der Waals surface area contributed by atoms with E-state index in [0.717, 1.165) is 19.3 Å². The third-order valence-corrected chi connectivity index (χ3v) is 3.09. The highest BCUT2D eigenvalue weighted by Gasteiger charge is 2.33. The summed E-state index contributed by atoms with van der Waals surface area (Å²) in [5.74, 6) is -1.49. The highest BCUT2D eigenvalue weighted by Crippen LogP contribution is 2.24. The molecular weight excluding hydrogens is 256 g/mol. The predicted octanol–water partition coefficient (Wildman–Crippen LogP) is 3.72. The number of hydrogen-bond acceptors (Lipinski definition) is 4. The first-order valence-corrected chi connectivity index (χ1v) is 7.62. The molecule has 0 heterocycles. The molecule has 4 nitrogen and oxygen atoms in total. The molecule has 0 aliphatic rings. The average molecular weight is 286 g/mol. The zero-order chi connectivity index (χ0) is 15.8. The molecule has 0 fully saturated rings. The molecule has 2 unspecified atom stereocenters. The minimum absolute atomic E-state index is 0.297. The molecule has 0 aliphatic carbocycles. The maximum Gasteiger partial charge on any atom is 0.310 e. The van der Waals surface area contributed by atoms with Crippen molar-refractivity contribution in [3.63, 3.8) is 0 Å². The van der Waals surface area contributed by atoms with Crippen molar-refractivity contribution in [1.29, 1.82) is 0 Å². The van der Waals surface area contributed by atoms with Crippen molar-refractivity contribution < 1.29 is 19.1 Å². The standard InChI is InChI=1S/C16H30O4/c1-7-9-10-11-13(12(3)14(17)19-8-2)15(18)20-16(4,5)6/h12-13H,7-11H2,1-6H3. The zero-order valence-corrected chi connectivity index (χ0v) is 13.8. The highest BCUT2D eigenvalue weighted by atomic mass is 16.6. The van der Waals surface area contributed by atoms with E-state index in [9.17, 15) is 9.59 Å². The first kappa shape index (κ1) is 18.9. The Labute approximate surface area is 123 Å². The molecule has 0 aromatic carbocycles. The second kappa shape index (κ2) is 8.98. The fraction of sp³-hybridized carbons (Fsp3) is 0.875. The Morgan fingerprint density at radius 1 is 1.05 bits per heavy atom. The van der Waals surface area contributed by atoms with Crippen LogP contribution in [0.1, 0.15) is 67.2 Å². The average Bonchev–Trinajstić information content (AvgIpc) is 2.32. The molecule has 0 aliphatic heterocycles. The molecule has 0 bridgehead atoms. The maximum atomic E-state index is 12.3. The first-order chi connectivity index (χ1) is 9.22. The molecule has 0 saturated carbocycles. The molecule has 4 heteroatoms. The summed E-state index contributed by atoms with van der Waals surface area (Å²) in [5, 5.41) is 0. The van der Waals surface area contributed by atoms with Crippen LogP contribution in [0.15, 0.2) is 0 Å². The second-order valence-electron chi connectivity index (χ2n) is 6.18. The summed E-state index contributed by atoms with van der Waals surface area (Å²) < 4.78 is 10.5. The van der Waals surface area contributed by atoms with Crippen molar-refractivity contribution in [2.75, 3.05) is 6.61 Å². The summed E-state index contributed by atoms with van der Waals surface area (Å²) in [4.78, 5) is 24.1. The molecule has 118 valence electrons. The van der Waals surface area contributed by atoms with Crippen molar-refractivity contribution in [1.82, 2.24) is 0 Å². The van der Waals surface area contributed by atoms with Gasteiger partial charge in [0.05, 0.1) is 18.4 Å². The third kappa shape index (κ3) is 7.51. The first-order valence-electron chi connectivity index (χ1n) is 7.62. The van der Waals surface area contributed by atoms with Crippen LogP contribution in [0.4, 0.5) is 0 Å². The molecule has 0 aromatic rings. The number of hydrogen-bond donors (Lipinski definition) is 0. The van der Waals surface area contributed by atoms with Crippen LogP contribution in [-0.2, 0) is 19.1 Å². The van der Waals surface area contributed by atoms with E-state index in [4.69, 9.17) is 9.47 Å². The number of esters is 2. The van der Waals surface area contributed by atoms with Gasteiger partial charge >= 0.3 is 11.9 Å². The normalized spacial score (nSPS) is 14.5. The van der Waals surface area contributed by atoms with Gasteiger partial charge < -0.3 is 9.47 Å². The number of rotatable bonds is 8. The lowest BCUT2D eigenvalue weighted by Crippen LogP contribution is -2.35. The molecule has 0 spiro atoms. The van der Waals surface area contributed by atoms with Gasteiger partial charge in [0, 0.05) is 0 Å². The molecular formula is C16H30O4. The minimum Gasteiger partial charge on any atom is -0.466 e. The molecule has 0 radical (unpaired) electrons. The van der Waals surface area contributed by atoms with Crippen molar-refractivity contribution in [3.8, 4) is 0 Å². The Kier molecular flexibility index (Phi) is 8.51. The topological polar surface area (TPSA) is 52.6 Å². The smallest absolute Gasteiger partial charge is 0.310 e. The predicted molar refractivity (Wildman–Crippen MR) is 79.3 cm³/mol. The maximum absolute atomic E-state index is 12.3.